The fourth-order valence-corrected chi connectivity index (χ4v) is 3.31. The van der Waals surface area contributed by atoms with E-state index in [0.29, 0.717) is 22.8 Å². The fraction of sp³-hybridized carbons (Fsp3) is 0.333. The van der Waals surface area contributed by atoms with E-state index in [1.54, 1.807) is 18.9 Å². The molecular formula is C18H22BrN5OS. The van der Waals surface area contributed by atoms with Crippen molar-refractivity contribution in [1.29, 1.82) is 5.26 Å². The molecule has 138 valence electrons. The van der Waals surface area contributed by atoms with E-state index in [9.17, 15) is 10.1 Å². The molecule has 1 heterocycles. The number of nitrogens with zero attached hydrogens (tertiary/aromatic N) is 4. The second-order valence-corrected chi connectivity index (χ2v) is 7.17. The monoisotopic (exact) mass is 435 g/mol. The maximum absolute atomic E-state index is 12.7. The molecule has 8 heteroatoms. The summed E-state index contributed by atoms with van der Waals surface area (Å²) in [5.41, 5.74) is 7.00. The van der Waals surface area contributed by atoms with E-state index in [1.165, 1.54) is 11.8 Å². The lowest BCUT2D eigenvalue weighted by Gasteiger charge is -2.26. The Morgan fingerprint density at radius 2 is 2.15 bits per heavy atom. The molecule has 26 heavy (non-hydrogen) atoms. The molecule has 0 aliphatic heterocycles. The van der Waals surface area contributed by atoms with Gasteiger partial charge in [-0.25, -0.2) is 4.98 Å². The summed E-state index contributed by atoms with van der Waals surface area (Å²) in [5.74, 6) is 0.471. The van der Waals surface area contributed by atoms with Crippen LogP contribution in [0.15, 0.2) is 33.8 Å². The lowest BCUT2D eigenvalue weighted by molar-refractivity contribution is -0.119. The number of nitriles is 1. The average Bonchev–Trinajstić information content (AvgIpc) is 2.59. The first kappa shape index (κ1) is 21.9. The Morgan fingerprint density at radius 3 is 2.73 bits per heavy atom. The maximum atomic E-state index is 12.7. The van der Waals surface area contributed by atoms with Gasteiger partial charge in [0.15, 0.2) is 11.6 Å². The number of carbonyl (C=O) groups excluding carboxylic acids is 1. The Bertz CT molecular complexity index is 837. The first-order valence-electron chi connectivity index (χ1n) is 7.49. The van der Waals surface area contributed by atoms with E-state index in [2.05, 4.69) is 32.0 Å². The van der Waals surface area contributed by atoms with E-state index in [4.69, 9.17) is 5.73 Å². The molecule has 2 aromatic rings. The minimum atomic E-state index is -0.463. The Hall–Kier alpha value is -2.11. The van der Waals surface area contributed by atoms with E-state index in [1.807, 2.05) is 30.5 Å². The van der Waals surface area contributed by atoms with Crippen LogP contribution in [0.4, 0.5) is 11.8 Å². The molecule has 2 N–H and O–H groups in total. The normalized spacial score (nSPS) is 11.2. The minimum absolute atomic E-state index is 0. The number of nitrogens with two attached hydrogens (primary N) is 1. The van der Waals surface area contributed by atoms with Gasteiger partial charge in [-0.2, -0.15) is 10.2 Å². The average molecular weight is 436 g/mol. The summed E-state index contributed by atoms with van der Waals surface area (Å²) in [7, 11) is 1.73. The number of hydrogen-bond acceptors (Lipinski definition) is 7. The summed E-state index contributed by atoms with van der Waals surface area (Å²) < 4.78 is 0.929. The molecule has 0 aliphatic rings. The van der Waals surface area contributed by atoms with Crippen LogP contribution in [-0.4, -0.2) is 35.1 Å². The van der Waals surface area contributed by atoms with Crippen molar-refractivity contribution in [2.75, 3.05) is 23.9 Å². The SMILES string of the molecule is C.CSc1nc(N)nc(N(C)[C@@H](C)C(=O)Cc2cccc(Br)c2)c1C#N. The summed E-state index contributed by atoms with van der Waals surface area (Å²) in [6.07, 6.45) is 2.11. The van der Waals surface area contributed by atoms with E-state index >= 15 is 0 Å². The molecule has 0 saturated carbocycles. The summed E-state index contributed by atoms with van der Waals surface area (Å²) in [4.78, 5) is 22.6. The van der Waals surface area contributed by atoms with Crippen LogP contribution in [-0.2, 0) is 11.2 Å². The van der Waals surface area contributed by atoms with Gasteiger partial charge in [-0.05, 0) is 30.9 Å². The van der Waals surface area contributed by atoms with Crippen LogP contribution in [0.5, 0.6) is 0 Å². The number of thioether (sulfide) groups is 1. The van der Waals surface area contributed by atoms with Crippen LogP contribution >= 0.6 is 27.7 Å². The quantitative estimate of drug-likeness (QED) is 0.545. The lowest BCUT2D eigenvalue weighted by Crippen LogP contribution is -2.38. The van der Waals surface area contributed by atoms with Crippen molar-refractivity contribution >= 4 is 45.2 Å². The number of rotatable bonds is 6. The van der Waals surface area contributed by atoms with Crippen LogP contribution in [0, 0.1) is 11.3 Å². The van der Waals surface area contributed by atoms with Gasteiger partial charge in [0.1, 0.15) is 16.7 Å². The molecule has 0 bridgehead atoms. The van der Waals surface area contributed by atoms with Gasteiger partial charge in [-0.3, -0.25) is 4.79 Å². The highest BCUT2D eigenvalue weighted by atomic mass is 79.9. The van der Waals surface area contributed by atoms with Gasteiger partial charge in [0, 0.05) is 17.9 Å². The van der Waals surface area contributed by atoms with E-state index in [-0.39, 0.29) is 19.2 Å². The summed E-state index contributed by atoms with van der Waals surface area (Å²) in [6.45, 7) is 1.79. The Balaban J connectivity index is 0.00000338. The minimum Gasteiger partial charge on any atom is -0.368 e. The smallest absolute Gasteiger partial charge is 0.223 e. The zero-order valence-corrected chi connectivity index (χ0v) is 16.6. The third kappa shape index (κ3) is 4.96. The highest BCUT2D eigenvalue weighted by molar-refractivity contribution is 9.10. The van der Waals surface area contributed by atoms with Crippen molar-refractivity contribution < 1.29 is 4.79 Å². The molecular weight excluding hydrogens is 414 g/mol. The van der Waals surface area contributed by atoms with E-state index < -0.39 is 6.04 Å². The van der Waals surface area contributed by atoms with Crippen molar-refractivity contribution in [2.24, 2.45) is 0 Å². The van der Waals surface area contributed by atoms with E-state index in [0.717, 1.165) is 10.0 Å². The van der Waals surface area contributed by atoms with Gasteiger partial charge in [-0.15, -0.1) is 11.8 Å². The number of benzene rings is 1. The number of Topliss-reactive ketones (excluding diaryl/α,β-unsaturated/α-hetero) is 1. The van der Waals surface area contributed by atoms with Crippen LogP contribution in [0.25, 0.3) is 0 Å². The van der Waals surface area contributed by atoms with Gasteiger partial charge in [0.05, 0.1) is 6.04 Å². The summed E-state index contributed by atoms with van der Waals surface area (Å²) in [5, 5.41) is 9.96. The van der Waals surface area contributed by atoms with Crippen molar-refractivity contribution in [1.82, 2.24) is 9.97 Å². The Labute approximate surface area is 166 Å². The van der Waals surface area contributed by atoms with Crippen molar-refractivity contribution in [3.8, 4) is 6.07 Å². The molecule has 0 saturated heterocycles. The number of hydrogen-bond donors (Lipinski definition) is 1. The second kappa shape index (κ2) is 9.55. The van der Waals surface area contributed by atoms with Gasteiger partial charge in [0.2, 0.25) is 5.95 Å². The van der Waals surface area contributed by atoms with Crippen molar-refractivity contribution in [3.05, 3.63) is 39.9 Å². The van der Waals surface area contributed by atoms with Gasteiger partial charge < -0.3 is 10.6 Å². The molecule has 1 aromatic carbocycles. The standard InChI is InChI=1S/C17H18BrN5OS.CH4/c1-10(14(24)8-11-5-4-6-12(18)7-11)23(2)15-13(9-19)16(25-3)22-17(20)21-15;/h4-7,10H,8H2,1-3H3,(H2,20,21,22);1H4/t10-;/m0./s1. The molecule has 0 amide bonds. The zero-order chi connectivity index (χ0) is 18.6. The zero-order valence-electron chi connectivity index (χ0n) is 14.2. The predicted octanol–water partition coefficient (Wildman–Crippen LogP) is 3.69. The first-order chi connectivity index (χ1) is 11.9. The Morgan fingerprint density at radius 1 is 1.46 bits per heavy atom. The Kier molecular flexibility index (Phi) is 8.06. The number of anilines is 2. The number of aromatic nitrogens is 2. The summed E-state index contributed by atoms with van der Waals surface area (Å²) >= 11 is 4.73. The largest absolute Gasteiger partial charge is 0.368 e. The molecule has 1 aromatic heterocycles. The van der Waals surface area contributed by atoms with Gasteiger partial charge in [0.25, 0.3) is 0 Å². The number of nitrogen functional groups attached to an aromatic ring is 1. The highest BCUT2D eigenvalue weighted by Gasteiger charge is 2.24. The van der Waals surface area contributed by atoms with Crippen LogP contribution in [0.2, 0.25) is 0 Å². The predicted molar refractivity (Wildman–Crippen MR) is 110 cm³/mol. The molecule has 0 unspecified atom stereocenters. The van der Waals surface area contributed by atoms with Gasteiger partial charge >= 0.3 is 0 Å². The third-order valence-corrected chi connectivity index (χ3v) is 5.00. The molecule has 2 rings (SSSR count). The fourth-order valence-electron chi connectivity index (χ4n) is 2.34. The van der Waals surface area contributed by atoms with Crippen LogP contribution in [0.3, 0.4) is 0 Å². The molecule has 6 nitrogen and oxygen atoms in total. The van der Waals surface area contributed by atoms with Gasteiger partial charge in [-0.1, -0.05) is 35.5 Å². The number of ketones is 1. The molecule has 0 radical (unpaired) electrons. The second-order valence-electron chi connectivity index (χ2n) is 5.46. The number of halogens is 1. The molecule has 0 spiro atoms. The highest BCUT2D eigenvalue weighted by Crippen LogP contribution is 2.27. The number of likely N-dealkylation sites (N-methyl/N-ethyl adjacent to an activating group) is 1. The molecule has 0 aliphatic carbocycles. The maximum Gasteiger partial charge on any atom is 0.223 e. The van der Waals surface area contributed by atoms with Crippen molar-refractivity contribution in [3.63, 3.8) is 0 Å². The topological polar surface area (TPSA) is 95.9 Å². The lowest BCUT2D eigenvalue weighted by atomic mass is 10.0. The van der Waals surface area contributed by atoms with Crippen molar-refractivity contribution in [2.45, 2.75) is 31.8 Å². The summed E-state index contributed by atoms with van der Waals surface area (Å²) in [6, 6.07) is 9.28. The van der Waals surface area contributed by atoms with Crippen LogP contribution < -0.4 is 10.6 Å². The third-order valence-electron chi connectivity index (χ3n) is 3.83. The van der Waals surface area contributed by atoms with Crippen LogP contribution in [0.1, 0.15) is 25.5 Å². The molecule has 1 atom stereocenters. The number of carbonyl (C=O) groups is 1. The first-order valence-corrected chi connectivity index (χ1v) is 9.50. The molecule has 0 fully saturated rings.